The molecule has 0 saturated heterocycles. The predicted octanol–water partition coefficient (Wildman–Crippen LogP) is 4.52. The van der Waals surface area contributed by atoms with Crippen LogP contribution in [0.2, 0.25) is 0 Å². The number of para-hydroxylation sites is 1. The molecule has 0 aliphatic carbocycles. The zero-order valence-corrected chi connectivity index (χ0v) is 20.6. The first-order chi connectivity index (χ1) is 17.0. The number of likely N-dealkylation sites (N-methyl/N-ethyl adjacent to an activating group) is 1. The number of methoxy groups -OCH3 is 3. The molecule has 4 rings (SSSR count). The van der Waals surface area contributed by atoms with E-state index < -0.39 is 0 Å². The fraction of sp³-hybridized carbons (Fsp3) is 0.286. The fourth-order valence-electron chi connectivity index (χ4n) is 4.38. The third kappa shape index (κ3) is 5.46. The number of benzene rings is 3. The molecule has 1 aliphatic heterocycles. The second-order valence-corrected chi connectivity index (χ2v) is 8.47. The molecule has 0 bridgehead atoms. The molecule has 0 spiro atoms. The van der Waals surface area contributed by atoms with E-state index in [2.05, 4.69) is 12.1 Å². The van der Waals surface area contributed by atoms with Crippen LogP contribution in [-0.2, 0) is 11.3 Å². The van der Waals surface area contributed by atoms with Crippen LogP contribution in [-0.4, -0.2) is 56.4 Å². The summed E-state index contributed by atoms with van der Waals surface area (Å²) in [5.41, 5.74) is 3.70. The highest BCUT2D eigenvalue weighted by Crippen LogP contribution is 2.40. The lowest BCUT2D eigenvalue weighted by Crippen LogP contribution is -2.36. The Bertz CT molecular complexity index is 1200. The Balaban J connectivity index is 1.65. The second-order valence-electron chi connectivity index (χ2n) is 8.47. The van der Waals surface area contributed by atoms with Gasteiger partial charge in [0.05, 0.1) is 39.6 Å². The van der Waals surface area contributed by atoms with E-state index >= 15 is 0 Å². The van der Waals surface area contributed by atoms with Gasteiger partial charge in [-0.2, -0.15) is 5.10 Å². The van der Waals surface area contributed by atoms with Gasteiger partial charge in [-0.3, -0.25) is 9.69 Å². The molecular weight excluding hydrogens is 442 g/mol. The molecular formula is C28H31N3O4. The van der Waals surface area contributed by atoms with Crippen LogP contribution in [0.1, 0.15) is 29.2 Å². The highest BCUT2D eigenvalue weighted by Gasteiger charge is 2.36. The highest BCUT2D eigenvalue weighted by atomic mass is 16.5. The van der Waals surface area contributed by atoms with Gasteiger partial charge in [0.15, 0.2) is 0 Å². The number of amides is 1. The zero-order chi connectivity index (χ0) is 24.8. The van der Waals surface area contributed by atoms with Gasteiger partial charge in [0.1, 0.15) is 17.2 Å². The van der Waals surface area contributed by atoms with E-state index in [4.69, 9.17) is 19.3 Å². The summed E-state index contributed by atoms with van der Waals surface area (Å²) in [6.45, 7) is 0.895. The molecule has 182 valence electrons. The molecule has 1 heterocycles. The minimum atomic E-state index is -0.312. The van der Waals surface area contributed by atoms with Crippen LogP contribution in [0.4, 0.5) is 0 Å². The summed E-state index contributed by atoms with van der Waals surface area (Å²) < 4.78 is 16.6. The van der Waals surface area contributed by atoms with Gasteiger partial charge in [0.25, 0.3) is 5.91 Å². The van der Waals surface area contributed by atoms with Crippen molar-refractivity contribution < 1.29 is 19.0 Å². The Kier molecular flexibility index (Phi) is 7.67. The first-order valence-corrected chi connectivity index (χ1v) is 11.5. The number of carbonyl (C=O) groups is 1. The van der Waals surface area contributed by atoms with Gasteiger partial charge < -0.3 is 14.2 Å². The summed E-state index contributed by atoms with van der Waals surface area (Å²) in [6, 6.07) is 23.2. The highest BCUT2D eigenvalue weighted by molar-refractivity contribution is 6.05. The fourth-order valence-corrected chi connectivity index (χ4v) is 4.38. The lowest BCUT2D eigenvalue weighted by Gasteiger charge is -2.26. The quantitative estimate of drug-likeness (QED) is 0.457. The van der Waals surface area contributed by atoms with Gasteiger partial charge in [-0.15, -0.1) is 0 Å². The zero-order valence-electron chi connectivity index (χ0n) is 20.6. The predicted molar refractivity (Wildman–Crippen MR) is 136 cm³/mol. The first kappa shape index (κ1) is 24.3. The minimum absolute atomic E-state index is 0.0869. The first-order valence-electron chi connectivity index (χ1n) is 11.5. The molecule has 0 saturated carbocycles. The molecule has 3 aromatic rings. The Labute approximate surface area is 206 Å². The molecule has 1 atom stereocenters. The Hall–Kier alpha value is -3.84. The molecule has 0 radical (unpaired) electrons. The van der Waals surface area contributed by atoms with Crippen molar-refractivity contribution in [2.24, 2.45) is 5.10 Å². The monoisotopic (exact) mass is 473 g/mol. The number of ether oxygens (including phenoxy) is 3. The standard InChI is InChI=1S/C28H31N3O4/c1-30(18-20-10-6-5-7-11-20)19-28(32)31-25(23-15-14-21(33-2)16-27(23)35-4)17-24(29-31)22-12-8-9-13-26(22)34-3/h5-16,25H,17-19H2,1-4H3/t25-/m0/s1. The van der Waals surface area contributed by atoms with E-state index in [9.17, 15) is 4.79 Å². The smallest absolute Gasteiger partial charge is 0.257 e. The van der Waals surface area contributed by atoms with Gasteiger partial charge in [-0.1, -0.05) is 42.5 Å². The largest absolute Gasteiger partial charge is 0.497 e. The maximum atomic E-state index is 13.6. The number of carbonyl (C=O) groups excluding carboxylic acids is 1. The third-order valence-corrected chi connectivity index (χ3v) is 6.08. The van der Waals surface area contributed by atoms with Crippen molar-refractivity contribution >= 4 is 11.6 Å². The van der Waals surface area contributed by atoms with Crippen molar-refractivity contribution in [2.45, 2.75) is 19.0 Å². The number of hydrogen-bond donors (Lipinski definition) is 0. The molecule has 0 fully saturated rings. The van der Waals surface area contributed by atoms with Crippen LogP contribution in [0, 0.1) is 0 Å². The molecule has 35 heavy (non-hydrogen) atoms. The average Bonchev–Trinajstić information content (AvgIpc) is 3.34. The van der Waals surface area contributed by atoms with Gasteiger partial charge >= 0.3 is 0 Å². The lowest BCUT2D eigenvalue weighted by atomic mass is 9.97. The van der Waals surface area contributed by atoms with Crippen molar-refractivity contribution in [1.82, 2.24) is 9.91 Å². The topological polar surface area (TPSA) is 63.6 Å². The summed E-state index contributed by atoms with van der Waals surface area (Å²) in [5.74, 6) is 1.98. The van der Waals surface area contributed by atoms with Gasteiger partial charge in [0.2, 0.25) is 0 Å². The van der Waals surface area contributed by atoms with Crippen LogP contribution in [0.3, 0.4) is 0 Å². The number of hydrazone groups is 1. The van der Waals surface area contributed by atoms with Gasteiger partial charge in [-0.05, 0) is 36.9 Å². The summed E-state index contributed by atoms with van der Waals surface area (Å²) in [6.07, 6.45) is 0.539. The molecule has 1 amide bonds. The molecule has 0 unspecified atom stereocenters. The summed E-state index contributed by atoms with van der Waals surface area (Å²) >= 11 is 0. The van der Waals surface area contributed by atoms with Crippen molar-refractivity contribution in [3.8, 4) is 17.2 Å². The number of nitrogens with zero attached hydrogens (tertiary/aromatic N) is 3. The average molecular weight is 474 g/mol. The number of hydrogen-bond acceptors (Lipinski definition) is 6. The van der Waals surface area contributed by atoms with Crippen LogP contribution in [0.25, 0.3) is 0 Å². The number of rotatable bonds is 9. The van der Waals surface area contributed by atoms with E-state index in [1.165, 1.54) is 0 Å². The Morgan fingerprint density at radius 1 is 0.943 bits per heavy atom. The summed E-state index contributed by atoms with van der Waals surface area (Å²) in [7, 11) is 6.81. The van der Waals surface area contributed by atoms with Gasteiger partial charge in [-0.25, -0.2) is 5.01 Å². The van der Waals surface area contributed by atoms with Crippen LogP contribution in [0.5, 0.6) is 17.2 Å². The maximum absolute atomic E-state index is 13.6. The van der Waals surface area contributed by atoms with E-state index in [-0.39, 0.29) is 18.5 Å². The van der Waals surface area contributed by atoms with E-state index in [1.54, 1.807) is 26.3 Å². The van der Waals surface area contributed by atoms with E-state index in [0.717, 1.165) is 28.2 Å². The normalized spacial score (nSPS) is 15.2. The molecule has 0 aromatic heterocycles. The summed E-state index contributed by atoms with van der Waals surface area (Å²) in [5, 5.41) is 6.40. The second kappa shape index (κ2) is 11.1. The lowest BCUT2D eigenvalue weighted by molar-refractivity contribution is -0.134. The molecule has 1 aliphatic rings. The molecule has 7 nitrogen and oxygen atoms in total. The van der Waals surface area contributed by atoms with E-state index in [1.807, 2.05) is 72.6 Å². The SMILES string of the molecule is COc1ccc([C@@H]2CC(c3ccccc3OC)=NN2C(=O)CN(C)Cc2ccccc2)c(OC)c1. The molecule has 0 N–H and O–H groups in total. The minimum Gasteiger partial charge on any atom is -0.497 e. The van der Waals surface area contributed by atoms with Crippen molar-refractivity contribution in [2.75, 3.05) is 34.9 Å². The van der Waals surface area contributed by atoms with Crippen LogP contribution < -0.4 is 14.2 Å². The van der Waals surface area contributed by atoms with Crippen molar-refractivity contribution in [3.63, 3.8) is 0 Å². The Morgan fingerprint density at radius 3 is 2.37 bits per heavy atom. The van der Waals surface area contributed by atoms with Crippen molar-refractivity contribution in [3.05, 3.63) is 89.5 Å². The van der Waals surface area contributed by atoms with E-state index in [0.29, 0.717) is 24.5 Å². The molecule has 3 aromatic carbocycles. The van der Waals surface area contributed by atoms with Crippen LogP contribution >= 0.6 is 0 Å². The molecule has 7 heteroatoms. The Morgan fingerprint density at radius 2 is 1.66 bits per heavy atom. The third-order valence-electron chi connectivity index (χ3n) is 6.08. The maximum Gasteiger partial charge on any atom is 0.257 e. The van der Waals surface area contributed by atoms with Crippen molar-refractivity contribution in [1.29, 1.82) is 0 Å². The van der Waals surface area contributed by atoms with Gasteiger partial charge in [0, 0.05) is 30.2 Å². The van der Waals surface area contributed by atoms with Crippen LogP contribution in [0.15, 0.2) is 77.9 Å². The summed E-state index contributed by atoms with van der Waals surface area (Å²) in [4.78, 5) is 15.6.